The molecule has 0 fully saturated rings. The molecule has 0 aliphatic rings. The first kappa shape index (κ1) is 23.1. The van der Waals surface area contributed by atoms with E-state index in [1.165, 1.54) is 18.2 Å². The SMILES string of the molecule is CC(=O)O.Cc1n[nH]c(C)c1CCN(C)C(=O)c1cc(F)ccc1OCCN. The normalized spacial score (nSPS) is 10.1. The number of aromatic amines is 1. The van der Waals surface area contributed by atoms with Crippen LogP contribution in [0.1, 0.15) is 34.2 Å². The lowest BCUT2D eigenvalue weighted by Gasteiger charge is -2.19. The number of carbonyl (C=O) groups excluding carboxylic acids is 1. The van der Waals surface area contributed by atoms with Crippen molar-refractivity contribution in [1.29, 1.82) is 0 Å². The van der Waals surface area contributed by atoms with E-state index >= 15 is 0 Å². The highest BCUT2D eigenvalue weighted by molar-refractivity contribution is 5.96. The number of H-pyrrole nitrogens is 1. The molecule has 2 rings (SSSR count). The first-order valence-corrected chi connectivity index (χ1v) is 8.75. The Hall–Kier alpha value is -2.94. The summed E-state index contributed by atoms with van der Waals surface area (Å²) in [4.78, 5) is 23.2. The molecule has 0 atom stereocenters. The molecule has 0 aliphatic carbocycles. The summed E-state index contributed by atoms with van der Waals surface area (Å²) < 4.78 is 19.0. The van der Waals surface area contributed by atoms with Crippen LogP contribution in [0.2, 0.25) is 0 Å². The molecule has 1 aromatic carbocycles. The predicted octanol–water partition coefficient (Wildman–Crippen LogP) is 1.91. The van der Waals surface area contributed by atoms with E-state index in [4.69, 9.17) is 20.4 Å². The standard InChI is InChI=1S/C17H23FN4O2.C2H4O2/c1-11-14(12(2)21-20-11)6-8-22(3)17(23)15-10-13(18)4-5-16(15)24-9-7-19;1-2(3)4/h4-5,10H,6-9,19H2,1-3H3,(H,20,21);1H3,(H,3,4). The second-order valence-electron chi connectivity index (χ2n) is 6.19. The van der Waals surface area contributed by atoms with Crippen molar-refractivity contribution in [3.05, 3.63) is 46.5 Å². The van der Waals surface area contributed by atoms with Gasteiger partial charge in [0, 0.05) is 32.8 Å². The number of hydrogen-bond donors (Lipinski definition) is 3. The van der Waals surface area contributed by atoms with Crippen molar-refractivity contribution < 1.29 is 23.8 Å². The number of aliphatic carboxylic acids is 1. The maximum absolute atomic E-state index is 13.5. The lowest BCUT2D eigenvalue weighted by atomic mass is 10.1. The zero-order chi connectivity index (χ0) is 21.3. The molecule has 2 aromatic rings. The van der Waals surface area contributed by atoms with Crippen molar-refractivity contribution in [2.45, 2.75) is 27.2 Å². The molecular weight excluding hydrogens is 367 g/mol. The summed E-state index contributed by atoms with van der Waals surface area (Å²) in [6, 6.07) is 3.91. The highest BCUT2D eigenvalue weighted by Gasteiger charge is 2.18. The molecule has 1 heterocycles. The number of amides is 1. The average molecular weight is 394 g/mol. The monoisotopic (exact) mass is 394 g/mol. The topological polar surface area (TPSA) is 122 Å². The van der Waals surface area contributed by atoms with Crippen LogP contribution in [0.25, 0.3) is 0 Å². The van der Waals surface area contributed by atoms with Crippen LogP contribution in [0.4, 0.5) is 4.39 Å². The number of benzene rings is 1. The van der Waals surface area contributed by atoms with Crippen molar-refractivity contribution in [3.8, 4) is 5.75 Å². The van der Waals surface area contributed by atoms with Crippen LogP contribution in [0.3, 0.4) is 0 Å². The summed E-state index contributed by atoms with van der Waals surface area (Å²) in [6.07, 6.45) is 0.671. The van der Waals surface area contributed by atoms with Gasteiger partial charge in [-0.15, -0.1) is 0 Å². The van der Waals surface area contributed by atoms with E-state index in [-0.39, 0.29) is 18.1 Å². The number of nitrogens with two attached hydrogens (primary N) is 1. The van der Waals surface area contributed by atoms with Gasteiger partial charge in [0.15, 0.2) is 0 Å². The molecule has 1 amide bonds. The Balaban J connectivity index is 0.000000892. The molecule has 0 unspecified atom stereocenters. The first-order valence-electron chi connectivity index (χ1n) is 8.75. The van der Waals surface area contributed by atoms with Gasteiger partial charge in [0.1, 0.15) is 18.2 Å². The van der Waals surface area contributed by atoms with Gasteiger partial charge in [-0.25, -0.2) is 4.39 Å². The molecule has 1 aromatic heterocycles. The Bertz CT molecular complexity index is 784. The van der Waals surface area contributed by atoms with Crippen LogP contribution < -0.4 is 10.5 Å². The minimum absolute atomic E-state index is 0.201. The fourth-order valence-electron chi connectivity index (χ4n) is 2.49. The van der Waals surface area contributed by atoms with Gasteiger partial charge in [0.05, 0.1) is 11.3 Å². The summed E-state index contributed by atoms with van der Waals surface area (Å²) in [5.74, 6) is -1.26. The number of carbonyl (C=O) groups is 2. The summed E-state index contributed by atoms with van der Waals surface area (Å²) in [6.45, 7) is 6.03. The third-order valence-electron chi connectivity index (χ3n) is 3.87. The second-order valence-corrected chi connectivity index (χ2v) is 6.19. The van der Waals surface area contributed by atoms with Crippen molar-refractivity contribution in [2.24, 2.45) is 5.73 Å². The van der Waals surface area contributed by atoms with Crippen molar-refractivity contribution >= 4 is 11.9 Å². The van der Waals surface area contributed by atoms with E-state index < -0.39 is 11.8 Å². The maximum Gasteiger partial charge on any atom is 0.300 e. The number of ether oxygens (including phenoxy) is 1. The molecule has 154 valence electrons. The Morgan fingerprint density at radius 2 is 2.00 bits per heavy atom. The number of rotatable bonds is 7. The van der Waals surface area contributed by atoms with Crippen molar-refractivity contribution in [3.63, 3.8) is 0 Å². The number of hydrogen-bond acceptors (Lipinski definition) is 5. The molecule has 9 heteroatoms. The first-order chi connectivity index (χ1) is 13.2. The minimum atomic E-state index is -0.833. The third-order valence-corrected chi connectivity index (χ3v) is 3.87. The number of aryl methyl sites for hydroxylation is 2. The van der Waals surface area contributed by atoms with E-state index in [0.29, 0.717) is 25.3 Å². The fraction of sp³-hybridized carbons (Fsp3) is 0.421. The van der Waals surface area contributed by atoms with E-state index in [0.717, 1.165) is 23.9 Å². The van der Waals surface area contributed by atoms with E-state index in [1.54, 1.807) is 11.9 Å². The number of halogens is 1. The van der Waals surface area contributed by atoms with E-state index in [9.17, 15) is 9.18 Å². The van der Waals surface area contributed by atoms with Gasteiger partial charge in [-0.2, -0.15) is 5.10 Å². The van der Waals surface area contributed by atoms with Gasteiger partial charge >= 0.3 is 0 Å². The lowest BCUT2D eigenvalue weighted by molar-refractivity contribution is -0.134. The average Bonchev–Trinajstić information content (AvgIpc) is 2.95. The Morgan fingerprint density at radius 1 is 1.36 bits per heavy atom. The Labute approximate surface area is 163 Å². The van der Waals surface area contributed by atoms with Gasteiger partial charge in [-0.3, -0.25) is 14.7 Å². The van der Waals surface area contributed by atoms with Gasteiger partial charge in [-0.05, 0) is 44.0 Å². The molecule has 0 bridgehead atoms. The molecule has 0 radical (unpaired) electrons. The van der Waals surface area contributed by atoms with Crippen LogP contribution in [0, 0.1) is 19.7 Å². The molecule has 0 saturated carbocycles. The van der Waals surface area contributed by atoms with Gasteiger partial charge in [-0.1, -0.05) is 0 Å². The van der Waals surface area contributed by atoms with Crippen molar-refractivity contribution in [1.82, 2.24) is 15.1 Å². The zero-order valence-corrected chi connectivity index (χ0v) is 16.6. The summed E-state index contributed by atoms with van der Waals surface area (Å²) >= 11 is 0. The molecular formula is C19H27FN4O4. The minimum Gasteiger partial charge on any atom is -0.491 e. The molecule has 0 spiro atoms. The Kier molecular flexibility index (Phi) is 9.10. The van der Waals surface area contributed by atoms with E-state index in [1.807, 2.05) is 13.8 Å². The Morgan fingerprint density at radius 3 is 2.54 bits per heavy atom. The highest BCUT2D eigenvalue weighted by Crippen LogP contribution is 2.21. The largest absolute Gasteiger partial charge is 0.491 e. The third kappa shape index (κ3) is 6.99. The summed E-state index contributed by atoms with van der Waals surface area (Å²) in [5, 5.41) is 14.5. The molecule has 8 nitrogen and oxygen atoms in total. The number of carboxylic acids is 1. The number of aromatic nitrogens is 2. The molecule has 0 saturated heterocycles. The number of nitrogens with zero attached hydrogens (tertiary/aromatic N) is 2. The van der Waals surface area contributed by atoms with Crippen LogP contribution in [-0.2, 0) is 11.2 Å². The summed E-state index contributed by atoms with van der Waals surface area (Å²) in [5.41, 5.74) is 8.62. The van der Waals surface area contributed by atoms with Crippen LogP contribution in [0.5, 0.6) is 5.75 Å². The van der Waals surface area contributed by atoms with Crippen LogP contribution in [-0.4, -0.2) is 58.8 Å². The smallest absolute Gasteiger partial charge is 0.300 e. The molecule has 28 heavy (non-hydrogen) atoms. The van der Waals surface area contributed by atoms with Gasteiger partial charge in [0.25, 0.3) is 11.9 Å². The predicted molar refractivity (Wildman–Crippen MR) is 103 cm³/mol. The van der Waals surface area contributed by atoms with Gasteiger partial charge < -0.3 is 20.5 Å². The second kappa shape index (κ2) is 11.0. The van der Waals surface area contributed by atoms with E-state index in [2.05, 4.69) is 10.2 Å². The number of carboxylic acid groups (broad SMARTS) is 1. The molecule has 0 aliphatic heterocycles. The van der Waals surface area contributed by atoms with Crippen molar-refractivity contribution in [2.75, 3.05) is 26.7 Å². The number of nitrogens with one attached hydrogen (secondary N) is 1. The summed E-state index contributed by atoms with van der Waals surface area (Å²) in [7, 11) is 1.69. The van der Waals surface area contributed by atoms with Crippen LogP contribution in [0.15, 0.2) is 18.2 Å². The zero-order valence-electron chi connectivity index (χ0n) is 16.6. The quantitative estimate of drug-likeness (QED) is 0.659. The lowest BCUT2D eigenvalue weighted by Crippen LogP contribution is -2.29. The maximum atomic E-state index is 13.5. The molecule has 4 N–H and O–H groups in total. The number of likely N-dealkylation sites (N-methyl/N-ethyl adjacent to an activating group) is 1. The van der Waals surface area contributed by atoms with Crippen LogP contribution >= 0.6 is 0 Å². The van der Waals surface area contributed by atoms with Gasteiger partial charge in [0.2, 0.25) is 0 Å². The fourth-order valence-corrected chi connectivity index (χ4v) is 2.49. The highest BCUT2D eigenvalue weighted by atomic mass is 19.1.